The Morgan fingerprint density at radius 1 is 0.255 bits per heavy atom. The Bertz CT molecular complexity index is 2870. The summed E-state index contributed by atoms with van der Waals surface area (Å²) in [6.07, 6.45) is 0. The van der Waals surface area contributed by atoms with Gasteiger partial charge in [0.15, 0.2) is 17.5 Å². The van der Waals surface area contributed by atoms with Gasteiger partial charge in [-0.25, -0.2) is 15.0 Å². The molecule has 55 heavy (non-hydrogen) atoms. The summed E-state index contributed by atoms with van der Waals surface area (Å²) < 4.78 is 6.90. The topological polar surface area (TPSA) is 51.8 Å². The van der Waals surface area contributed by atoms with Gasteiger partial charge < -0.3 is 4.42 Å². The first-order valence-corrected chi connectivity index (χ1v) is 18.4. The molecule has 2 aromatic heterocycles. The molecule has 0 spiro atoms. The predicted molar refractivity (Wildman–Crippen MR) is 225 cm³/mol. The standard InChI is InChI=1S/C51H33N3O/c1-5-14-34(15-6-1)35-24-26-36(27-25-35)42-32-45(37-16-7-2-8-17-37)48-46(33-42)44-23-13-22-43(47(44)55-48)38-28-30-41(31-29-38)51-53-49(39-18-9-3-10-19-39)52-50(54-51)40-20-11-4-12-21-40/h1-33H. The second-order valence-corrected chi connectivity index (χ2v) is 13.6. The van der Waals surface area contributed by atoms with Crippen LogP contribution in [0.3, 0.4) is 0 Å². The average molecular weight is 704 g/mol. The minimum Gasteiger partial charge on any atom is -0.455 e. The molecule has 0 amide bonds. The molecule has 10 rings (SSSR count). The van der Waals surface area contributed by atoms with Crippen molar-refractivity contribution in [2.24, 2.45) is 0 Å². The molecule has 0 unspecified atom stereocenters. The van der Waals surface area contributed by atoms with Gasteiger partial charge in [0.25, 0.3) is 0 Å². The molecule has 0 aliphatic carbocycles. The van der Waals surface area contributed by atoms with Gasteiger partial charge in [-0.3, -0.25) is 0 Å². The Balaban J connectivity index is 1.07. The lowest BCUT2D eigenvalue weighted by molar-refractivity contribution is 0.671. The lowest BCUT2D eigenvalue weighted by atomic mass is 9.94. The summed E-state index contributed by atoms with van der Waals surface area (Å²) in [5, 5.41) is 2.16. The fourth-order valence-corrected chi connectivity index (χ4v) is 7.35. The maximum Gasteiger partial charge on any atom is 0.164 e. The van der Waals surface area contributed by atoms with E-state index < -0.39 is 0 Å². The van der Waals surface area contributed by atoms with Crippen molar-refractivity contribution in [3.8, 4) is 78.7 Å². The number of aromatic nitrogens is 3. The van der Waals surface area contributed by atoms with Crippen LogP contribution >= 0.6 is 0 Å². The van der Waals surface area contributed by atoms with Crippen LogP contribution in [0.5, 0.6) is 0 Å². The number of para-hydroxylation sites is 1. The first-order valence-electron chi connectivity index (χ1n) is 18.4. The summed E-state index contributed by atoms with van der Waals surface area (Å²) in [6.45, 7) is 0. The molecule has 0 aliphatic heterocycles. The van der Waals surface area contributed by atoms with Crippen molar-refractivity contribution in [2.45, 2.75) is 0 Å². The van der Waals surface area contributed by atoms with E-state index in [0.29, 0.717) is 17.5 Å². The van der Waals surface area contributed by atoms with E-state index in [1.54, 1.807) is 0 Å². The first kappa shape index (κ1) is 32.2. The van der Waals surface area contributed by atoms with Gasteiger partial charge >= 0.3 is 0 Å². The third-order valence-corrected chi connectivity index (χ3v) is 10.2. The Kier molecular flexibility index (Phi) is 8.12. The maximum absolute atomic E-state index is 6.90. The molecule has 10 aromatic rings. The summed E-state index contributed by atoms with van der Waals surface area (Å²) in [5.74, 6) is 1.90. The lowest BCUT2D eigenvalue weighted by Crippen LogP contribution is -2.00. The summed E-state index contributed by atoms with van der Waals surface area (Å²) in [7, 11) is 0. The molecule has 0 saturated heterocycles. The largest absolute Gasteiger partial charge is 0.455 e. The van der Waals surface area contributed by atoms with Gasteiger partial charge in [-0.2, -0.15) is 0 Å². The third kappa shape index (κ3) is 6.16. The fourth-order valence-electron chi connectivity index (χ4n) is 7.35. The van der Waals surface area contributed by atoms with Crippen molar-refractivity contribution in [3.05, 3.63) is 200 Å². The van der Waals surface area contributed by atoms with Crippen LogP contribution in [0.15, 0.2) is 205 Å². The third-order valence-electron chi connectivity index (χ3n) is 10.2. The van der Waals surface area contributed by atoms with Crippen molar-refractivity contribution in [2.75, 3.05) is 0 Å². The monoisotopic (exact) mass is 703 g/mol. The van der Waals surface area contributed by atoms with Crippen LogP contribution in [-0.4, -0.2) is 15.0 Å². The van der Waals surface area contributed by atoms with Crippen LogP contribution in [0.2, 0.25) is 0 Å². The van der Waals surface area contributed by atoms with E-state index in [1.807, 2.05) is 66.7 Å². The summed E-state index contributed by atoms with van der Waals surface area (Å²) in [6, 6.07) is 69.3. The molecule has 4 heteroatoms. The highest BCUT2D eigenvalue weighted by Crippen LogP contribution is 2.43. The Morgan fingerprint density at radius 3 is 1.18 bits per heavy atom. The van der Waals surface area contributed by atoms with E-state index in [4.69, 9.17) is 19.4 Å². The molecule has 0 N–H and O–H groups in total. The van der Waals surface area contributed by atoms with Crippen molar-refractivity contribution in [3.63, 3.8) is 0 Å². The van der Waals surface area contributed by atoms with Gasteiger partial charge in [-0.1, -0.05) is 188 Å². The van der Waals surface area contributed by atoms with Gasteiger partial charge in [0.2, 0.25) is 0 Å². The lowest BCUT2D eigenvalue weighted by Gasteiger charge is -2.09. The summed E-state index contributed by atoms with van der Waals surface area (Å²) >= 11 is 0. The smallest absolute Gasteiger partial charge is 0.164 e. The second-order valence-electron chi connectivity index (χ2n) is 13.6. The van der Waals surface area contributed by atoms with Crippen molar-refractivity contribution >= 4 is 21.9 Å². The van der Waals surface area contributed by atoms with Crippen LogP contribution in [0.1, 0.15) is 0 Å². The maximum atomic E-state index is 6.90. The molecule has 258 valence electrons. The molecular weight excluding hydrogens is 671 g/mol. The van der Waals surface area contributed by atoms with E-state index in [2.05, 4.69) is 133 Å². The number of nitrogens with zero attached hydrogens (tertiary/aromatic N) is 3. The summed E-state index contributed by atoms with van der Waals surface area (Å²) in [5.41, 5.74) is 13.5. The SMILES string of the molecule is c1ccc(-c2ccc(-c3cc(-c4ccccc4)c4oc5c(-c6ccc(-c7nc(-c8ccccc8)nc(-c8ccccc8)n7)cc6)cccc5c4c3)cc2)cc1. The van der Waals surface area contributed by atoms with E-state index in [1.165, 1.54) is 11.1 Å². The van der Waals surface area contributed by atoms with E-state index in [-0.39, 0.29) is 0 Å². The number of hydrogen-bond donors (Lipinski definition) is 0. The average Bonchev–Trinajstić information content (AvgIpc) is 3.66. The zero-order chi connectivity index (χ0) is 36.6. The first-order chi connectivity index (χ1) is 27.2. The summed E-state index contributed by atoms with van der Waals surface area (Å²) in [4.78, 5) is 14.7. The highest BCUT2D eigenvalue weighted by atomic mass is 16.3. The van der Waals surface area contributed by atoms with E-state index >= 15 is 0 Å². The Labute approximate surface area is 319 Å². The highest BCUT2D eigenvalue weighted by Gasteiger charge is 2.19. The van der Waals surface area contributed by atoms with Gasteiger partial charge in [0.1, 0.15) is 11.2 Å². The van der Waals surface area contributed by atoms with Crippen molar-refractivity contribution in [1.82, 2.24) is 15.0 Å². The number of benzene rings is 8. The molecule has 8 aromatic carbocycles. The number of hydrogen-bond acceptors (Lipinski definition) is 4. The number of rotatable bonds is 7. The van der Waals surface area contributed by atoms with Crippen LogP contribution in [0.4, 0.5) is 0 Å². The Hall–Kier alpha value is -7.43. The van der Waals surface area contributed by atoms with Crippen LogP contribution in [0, 0.1) is 0 Å². The zero-order valence-corrected chi connectivity index (χ0v) is 29.8. The minimum atomic E-state index is 0.623. The molecule has 0 bridgehead atoms. The number of fused-ring (bicyclic) bond motifs is 3. The van der Waals surface area contributed by atoms with Crippen LogP contribution in [-0.2, 0) is 0 Å². The molecule has 0 fully saturated rings. The predicted octanol–water partition coefficient (Wildman–Crippen LogP) is 13.4. The van der Waals surface area contributed by atoms with Gasteiger partial charge in [0.05, 0.1) is 0 Å². The number of furan rings is 1. The van der Waals surface area contributed by atoms with Gasteiger partial charge in [-0.15, -0.1) is 0 Å². The molecule has 0 saturated carbocycles. The Morgan fingerprint density at radius 2 is 0.636 bits per heavy atom. The quantitative estimate of drug-likeness (QED) is 0.166. The van der Waals surface area contributed by atoms with E-state index in [0.717, 1.165) is 72.0 Å². The zero-order valence-electron chi connectivity index (χ0n) is 29.8. The van der Waals surface area contributed by atoms with Crippen LogP contribution in [0.25, 0.3) is 101 Å². The van der Waals surface area contributed by atoms with Crippen molar-refractivity contribution in [1.29, 1.82) is 0 Å². The molecule has 0 aliphatic rings. The molecular formula is C51H33N3O. The van der Waals surface area contributed by atoms with Crippen LogP contribution < -0.4 is 0 Å². The highest BCUT2D eigenvalue weighted by molar-refractivity contribution is 6.14. The second kappa shape index (κ2) is 13.8. The van der Waals surface area contributed by atoms with Crippen molar-refractivity contribution < 1.29 is 4.42 Å². The van der Waals surface area contributed by atoms with Gasteiger partial charge in [-0.05, 0) is 45.5 Å². The van der Waals surface area contributed by atoms with Gasteiger partial charge in [0, 0.05) is 38.6 Å². The minimum absolute atomic E-state index is 0.623. The molecule has 0 atom stereocenters. The molecule has 2 heterocycles. The van der Waals surface area contributed by atoms with E-state index in [9.17, 15) is 0 Å². The molecule has 0 radical (unpaired) electrons. The normalized spacial score (nSPS) is 11.3. The fraction of sp³-hybridized carbons (Fsp3) is 0. The molecule has 4 nitrogen and oxygen atoms in total.